The SMILES string of the molecule is CCCCC(=O)c1ccc(OCCCBr)c(OC)c1. The Morgan fingerprint density at radius 1 is 1.26 bits per heavy atom. The highest BCUT2D eigenvalue weighted by Crippen LogP contribution is 2.28. The first-order valence-electron chi connectivity index (χ1n) is 6.63. The minimum absolute atomic E-state index is 0.159. The van der Waals surface area contributed by atoms with Gasteiger partial charge in [-0.2, -0.15) is 0 Å². The number of methoxy groups -OCH3 is 1. The normalized spacial score (nSPS) is 10.3. The van der Waals surface area contributed by atoms with Crippen LogP contribution in [0.3, 0.4) is 0 Å². The molecule has 0 amide bonds. The van der Waals surface area contributed by atoms with Crippen LogP contribution in [0, 0.1) is 0 Å². The van der Waals surface area contributed by atoms with Gasteiger partial charge in [-0.3, -0.25) is 4.79 Å². The van der Waals surface area contributed by atoms with Crippen molar-refractivity contribution in [1.29, 1.82) is 0 Å². The monoisotopic (exact) mass is 328 g/mol. The third kappa shape index (κ3) is 5.23. The van der Waals surface area contributed by atoms with Crippen molar-refractivity contribution in [2.24, 2.45) is 0 Å². The topological polar surface area (TPSA) is 35.5 Å². The van der Waals surface area contributed by atoms with Gasteiger partial charge >= 0.3 is 0 Å². The van der Waals surface area contributed by atoms with Gasteiger partial charge in [0.1, 0.15) is 0 Å². The summed E-state index contributed by atoms with van der Waals surface area (Å²) in [5, 5.41) is 0.906. The second-order valence-electron chi connectivity index (χ2n) is 4.28. The number of hydrogen-bond acceptors (Lipinski definition) is 3. The summed E-state index contributed by atoms with van der Waals surface area (Å²) in [6.07, 6.45) is 3.46. The number of halogens is 1. The van der Waals surface area contributed by atoms with Gasteiger partial charge in [0.05, 0.1) is 13.7 Å². The summed E-state index contributed by atoms with van der Waals surface area (Å²) in [5.74, 6) is 1.47. The third-order valence-corrected chi connectivity index (χ3v) is 3.34. The van der Waals surface area contributed by atoms with E-state index < -0.39 is 0 Å². The number of carbonyl (C=O) groups is 1. The van der Waals surface area contributed by atoms with Crippen molar-refractivity contribution >= 4 is 21.7 Å². The molecule has 4 heteroatoms. The van der Waals surface area contributed by atoms with Crippen molar-refractivity contribution in [3.63, 3.8) is 0 Å². The van der Waals surface area contributed by atoms with Crippen molar-refractivity contribution < 1.29 is 14.3 Å². The van der Waals surface area contributed by atoms with Gasteiger partial charge in [0.25, 0.3) is 0 Å². The van der Waals surface area contributed by atoms with Gasteiger partial charge in [0.2, 0.25) is 0 Å². The first-order chi connectivity index (χ1) is 9.22. The van der Waals surface area contributed by atoms with Crippen LogP contribution in [0.15, 0.2) is 18.2 Å². The smallest absolute Gasteiger partial charge is 0.163 e. The number of carbonyl (C=O) groups excluding carboxylic acids is 1. The highest BCUT2D eigenvalue weighted by atomic mass is 79.9. The predicted molar refractivity (Wildman–Crippen MR) is 80.8 cm³/mol. The van der Waals surface area contributed by atoms with Crippen LogP contribution >= 0.6 is 15.9 Å². The molecule has 0 aromatic heterocycles. The molecule has 106 valence electrons. The zero-order valence-corrected chi connectivity index (χ0v) is 13.2. The van der Waals surface area contributed by atoms with E-state index in [0.29, 0.717) is 30.1 Å². The van der Waals surface area contributed by atoms with E-state index in [1.165, 1.54) is 0 Å². The molecule has 0 unspecified atom stereocenters. The van der Waals surface area contributed by atoms with Crippen LogP contribution in [0.25, 0.3) is 0 Å². The molecule has 0 radical (unpaired) electrons. The number of Topliss-reactive ketones (excluding diaryl/α,β-unsaturated/α-hetero) is 1. The predicted octanol–water partition coefficient (Wildman–Crippen LogP) is 4.23. The average molecular weight is 329 g/mol. The quantitative estimate of drug-likeness (QED) is 0.386. The molecular formula is C15H21BrO3. The molecule has 0 aliphatic heterocycles. The molecule has 1 aromatic rings. The summed E-state index contributed by atoms with van der Waals surface area (Å²) in [7, 11) is 1.59. The molecule has 0 aliphatic carbocycles. The molecule has 0 saturated heterocycles. The highest BCUT2D eigenvalue weighted by Gasteiger charge is 2.10. The molecule has 1 aromatic carbocycles. The summed E-state index contributed by atoms with van der Waals surface area (Å²) in [6, 6.07) is 5.39. The van der Waals surface area contributed by atoms with Crippen LogP contribution < -0.4 is 9.47 Å². The van der Waals surface area contributed by atoms with Crippen molar-refractivity contribution in [3.8, 4) is 11.5 Å². The Morgan fingerprint density at radius 3 is 2.68 bits per heavy atom. The third-order valence-electron chi connectivity index (χ3n) is 2.78. The summed E-state index contributed by atoms with van der Waals surface area (Å²) < 4.78 is 10.9. The molecular weight excluding hydrogens is 308 g/mol. The first-order valence-corrected chi connectivity index (χ1v) is 7.75. The molecule has 0 atom stereocenters. The molecule has 0 N–H and O–H groups in total. The van der Waals surface area contributed by atoms with Gasteiger partial charge in [0.15, 0.2) is 17.3 Å². The van der Waals surface area contributed by atoms with Gasteiger partial charge in [-0.15, -0.1) is 0 Å². The van der Waals surface area contributed by atoms with Crippen LogP contribution in [0.2, 0.25) is 0 Å². The Morgan fingerprint density at radius 2 is 2.05 bits per heavy atom. The molecule has 0 heterocycles. The minimum Gasteiger partial charge on any atom is -0.493 e. The Hall–Kier alpha value is -1.03. The van der Waals surface area contributed by atoms with Crippen LogP contribution in [-0.4, -0.2) is 24.8 Å². The second-order valence-corrected chi connectivity index (χ2v) is 5.08. The zero-order valence-electron chi connectivity index (χ0n) is 11.6. The summed E-state index contributed by atoms with van der Waals surface area (Å²) in [5.41, 5.74) is 0.693. The van der Waals surface area contributed by atoms with E-state index in [1.807, 2.05) is 12.1 Å². The van der Waals surface area contributed by atoms with E-state index in [-0.39, 0.29) is 5.78 Å². The van der Waals surface area contributed by atoms with E-state index in [2.05, 4.69) is 22.9 Å². The summed E-state index contributed by atoms with van der Waals surface area (Å²) in [4.78, 5) is 11.9. The van der Waals surface area contributed by atoms with Crippen molar-refractivity contribution in [2.45, 2.75) is 32.6 Å². The Bertz CT molecular complexity index is 404. The molecule has 0 bridgehead atoms. The van der Waals surface area contributed by atoms with Gasteiger partial charge in [-0.05, 0) is 31.0 Å². The standard InChI is InChI=1S/C15H21BrO3/c1-3-4-6-13(17)12-7-8-14(15(11-12)18-2)19-10-5-9-16/h7-8,11H,3-6,9-10H2,1-2H3. The minimum atomic E-state index is 0.159. The number of alkyl halides is 1. The maximum Gasteiger partial charge on any atom is 0.163 e. The number of rotatable bonds is 9. The van der Waals surface area contributed by atoms with Crippen LogP contribution in [-0.2, 0) is 0 Å². The maximum absolute atomic E-state index is 11.9. The summed E-state index contributed by atoms with van der Waals surface area (Å²) >= 11 is 3.36. The number of ketones is 1. The van der Waals surface area contributed by atoms with Crippen molar-refractivity contribution in [3.05, 3.63) is 23.8 Å². The summed E-state index contributed by atoms with van der Waals surface area (Å²) in [6.45, 7) is 2.71. The van der Waals surface area contributed by atoms with Crippen LogP contribution in [0.4, 0.5) is 0 Å². The molecule has 0 aliphatic rings. The maximum atomic E-state index is 11.9. The van der Waals surface area contributed by atoms with E-state index in [0.717, 1.165) is 24.6 Å². The molecule has 0 saturated carbocycles. The van der Waals surface area contributed by atoms with E-state index in [1.54, 1.807) is 13.2 Å². The Labute approximate surface area is 123 Å². The Balaban J connectivity index is 2.74. The van der Waals surface area contributed by atoms with Crippen LogP contribution in [0.5, 0.6) is 11.5 Å². The lowest BCUT2D eigenvalue weighted by Gasteiger charge is -2.11. The number of unbranched alkanes of at least 4 members (excludes halogenated alkanes) is 1. The molecule has 3 nitrogen and oxygen atoms in total. The van der Waals surface area contributed by atoms with Crippen molar-refractivity contribution in [2.75, 3.05) is 19.0 Å². The fourth-order valence-electron chi connectivity index (χ4n) is 1.68. The zero-order chi connectivity index (χ0) is 14.1. The second kappa shape index (κ2) is 8.97. The fraction of sp³-hybridized carbons (Fsp3) is 0.533. The largest absolute Gasteiger partial charge is 0.493 e. The Kier molecular flexibility index (Phi) is 7.56. The van der Waals surface area contributed by atoms with Gasteiger partial charge in [-0.25, -0.2) is 0 Å². The van der Waals surface area contributed by atoms with Gasteiger partial charge in [0, 0.05) is 17.3 Å². The first kappa shape index (κ1) is 16.0. The average Bonchev–Trinajstić information content (AvgIpc) is 2.45. The number of ether oxygens (including phenoxy) is 2. The van der Waals surface area contributed by atoms with Crippen molar-refractivity contribution in [1.82, 2.24) is 0 Å². The molecule has 0 fully saturated rings. The van der Waals surface area contributed by atoms with Crippen LogP contribution in [0.1, 0.15) is 43.0 Å². The molecule has 1 rings (SSSR count). The van der Waals surface area contributed by atoms with E-state index in [9.17, 15) is 4.79 Å². The molecule has 0 spiro atoms. The lowest BCUT2D eigenvalue weighted by atomic mass is 10.1. The molecule has 19 heavy (non-hydrogen) atoms. The lowest BCUT2D eigenvalue weighted by Crippen LogP contribution is -2.03. The van der Waals surface area contributed by atoms with Gasteiger partial charge in [-0.1, -0.05) is 29.3 Å². The highest BCUT2D eigenvalue weighted by molar-refractivity contribution is 9.09. The van der Waals surface area contributed by atoms with E-state index in [4.69, 9.17) is 9.47 Å². The number of hydrogen-bond donors (Lipinski definition) is 0. The number of benzene rings is 1. The lowest BCUT2D eigenvalue weighted by molar-refractivity contribution is 0.0979. The van der Waals surface area contributed by atoms with Gasteiger partial charge < -0.3 is 9.47 Å². The van der Waals surface area contributed by atoms with E-state index >= 15 is 0 Å². The fourth-order valence-corrected chi connectivity index (χ4v) is 1.91.